The lowest BCUT2D eigenvalue weighted by molar-refractivity contribution is 0.0697. The number of hydrogen-bond acceptors (Lipinski definition) is 3. The van der Waals surface area contributed by atoms with Gasteiger partial charge in [-0.15, -0.1) is 0 Å². The molecule has 3 aromatic carbocycles. The number of carboxylic acids is 1. The number of ether oxygens (including phenoxy) is 1. The molecule has 4 nitrogen and oxygen atoms in total. The molecular formula is C29H29NO3. The van der Waals surface area contributed by atoms with Crippen LogP contribution in [0.4, 0.5) is 5.69 Å². The Morgan fingerprint density at radius 3 is 2.52 bits per heavy atom. The number of carbonyl (C=O) groups is 1. The molecule has 0 saturated heterocycles. The zero-order chi connectivity index (χ0) is 22.5. The summed E-state index contributed by atoms with van der Waals surface area (Å²) in [5, 5.41) is 13.5. The minimum absolute atomic E-state index is 0.129. The number of rotatable bonds is 5. The minimum Gasteiger partial charge on any atom is -0.489 e. The molecule has 0 aromatic heterocycles. The van der Waals surface area contributed by atoms with Gasteiger partial charge in [0, 0.05) is 0 Å². The fraction of sp³-hybridized carbons (Fsp3) is 0.345. The van der Waals surface area contributed by atoms with Crippen molar-refractivity contribution in [2.75, 3.05) is 5.32 Å². The van der Waals surface area contributed by atoms with E-state index >= 15 is 0 Å². The lowest BCUT2D eigenvalue weighted by Gasteiger charge is -2.44. The van der Waals surface area contributed by atoms with Crippen LogP contribution in [-0.4, -0.2) is 11.1 Å². The zero-order valence-electron chi connectivity index (χ0n) is 18.8. The molecule has 4 heteroatoms. The molecule has 3 aliphatic rings. The highest BCUT2D eigenvalue weighted by Gasteiger charge is 2.54. The molecule has 0 unspecified atom stereocenters. The zero-order valence-corrected chi connectivity index (χ0v) is 18.8. The summed E-state index contributed by atoms with van der Waals surface area (Å²) in [6.45, 7) is 2.63. The minimum atomic E-state index is -0.862. The van der Waals surface area contributed by atoms with Gasteiger partial charge < -0.3 is 15.2 Å². The molecule has 168 valence electrons. The number of aryl methyl sites for hydroxylation is 1. The second-order valence-corrected chi connectivity index (χ2v) is 9.98. The van der Waals surface area contributed by atoms with Crippen molar-refractivity contribution in [2.45, 2.75) is 44.8 Å². The maximum absolute atomic E-state index is 12.0. The van der Waals surface area contributed by atoms with Crippen molar-refractivity contribution in [1.82, 2.24) is 0 Å². The maximum atomic E-state index is 12.0. The van der Waals surface area contributed by atoms with E-state index in [4.69, 9.17) is 4.74 Å². The lowest BCUT2D eigenvalue weighted by Crippen LogP contribution is -2.36. The Morgan fingerprint density at radius 1 is 1.00 bits per heavy atom. The molecule has 3 aromatic rings. The number of para-hydroxylation sites is 1. The Balaban J connectivity index is 1.28. The van der Waals surface area contributed by atoms with E-state index in [0.29, 0.717) is 35.8 Å². The molecule has 2 N–H and O–H groups in total. The van der Waals surface area contributed by atoms with Crippen LogP contribution in [0.2, 0.25) is 0 Å². The summed E-state index contributed by atoms with van der Waals surface area (Å²) < 4.78 is 6.02. The SMILES string of the molecule is Cc1ccc(COc2ccc([C@@H]3Nc4c(C(=O)O)cccc4[C@@H]4[C@H]5CC[C@@H](C5)[C@H]43)cc2)cc1. The monoisotopic (exact) mass is 439 g/mol. The van der Waals surface area contributed by atoms with Crippen molar-refractivity contribution < 1.29 is 14.6 Å². The number of benzene rings is 3. The molecule has 2 aliphatic carbocycles. The van der Waals surface area contributed by atoms with Gasteiger partial charge in [0.05, 0.1) is 17.3 Å². The molecule has 2 fully saturated rings. The molecule has 0 spiro atoms. The predicted molar refractivity (Wildman–Crippen MR) is 129 cm³/mol. The van der Waals surface area contributed by atoms with Gasteiger partial charge in [-0.1, -0.05) is 54.1 Å². The third-order valence-electron chi connectivity index (χ3n) is 8.12. The first-order chi connectivity index (χ1) is 16.1. The molecule has 0 radical (unpaired) electrons. The average Bonchev–Trinajstić information content (AvgIpc) is 3.46. The van der Waals surface area contributed by atoms with Gasteiger partial charge >= 0.3 is 5.97 Å². The quantitative estimate of drug-likeness (QED) is 0.472. The highest BCUT2D eigenvalue weighted by Crippen LogP contribution is 2.64. The maximum Gasteiger partial charge on any atom is 0.337 e. The first-order valence-corrected chi connectivity index (χ1v) is 12.0. The number of nitrogens with one attached hydrogen (secondary N) is 1. The molecule has 6 rings (SSSR count). The van der Waals surface area contributed by atoms with Crippen molar-refractivity contribution >= 4 is 11.7 Å². The molecule has 2 bridgehead atoms. The highest BCUT2D eigenvalue weighted by atomic mass is 16.5. The van der Waals surface area contributed by atoms with Crippen LogP contribution in [0.5, 0.6) is 5.75 Å². The summed E-state index contributed by atoms with van der Waals surface area (Å²) in [7, 11) is 0. The molecule has 0 amide bonds. The number of fused-ring (bicyclic) bond motifs is 7. The molecule has 1 aliphatic heterocycles. The van der Waals surface area contributed by atoms with Crippen LogP contribution >= 0.6 is 0 Å². The van der Waals surface area contributed by atoms with Crippen LogP contribution in [0.1, 0.15) is 63.8 Å². The average molecular weight is 440 g/mol. The molecule has 1 heterocycles. The fourth-order valence-electron chi connectivity index (χ4n) is 6.64. The van der Waals surface area contributed by atoms with Crippen LogP contribution in [0.25, 0.3) is 0 Å². The Bertz CT molecular complexity index is 1180. The normalized spacial score (nSPS) is 26.9. The van der Waals surface area contributed by atoms with E-state index in [1.165, 1.54) is 36.0 Å². The number of aromatic carboxylic acids is 1. The fourth-order valence-corrected chi connectivity index (χ4v) is 6.64. The van der Waals surface area contributed by atoms with Crippen LogP contribution in [0.15, 0.2) is 66.7 Å². The number of carboxylic acid groups (broad SMARTS) is 1. The van der Waals surface area contributed by atoms with Crippen LogP contribution < -0.4 is 10.1 Å². The van der Waals surface area contributed by atoms with Gasteiger partial charge in [-0.25, -0.2) is 4.79 Å². The van der Waals surface area contributed by atoms with Gasteiger partial charge in [0.1, 0.15) is 12.4 Å². The van der Waals surface area contributed by atoms with E-state index in [1.54, 1.807) is 6.07 Å². The summed E-state index contributed by atoms with van der Waals surface area (Å²) in [5.41, 5.74) is 6.03. The van der Waals surface area contributed by atoms with Crippen molar-refractivity contribution in [2.24, 2.45) is 17.8 Å². The first-order valence-electron chi connectivity index (χ1n) is 12.0. The molecule has 2 saturated carbocycles. The van der Waals surface area contributed by atoms with E-state index in [0.717, 1.165) is 17.0 Å². The van der Waals surface area contributed by atoms with Crippen LogP contribution in [0.3, 0.4) is 0 Å². The second kappa shape index (κ2) is 7.95. The summed E-state index contributed by atoms with van der Waals surface area (Å²) in [6, 6.07) is 22.7. The van der Waals surface area contributed by atoms with Gasteiger partial charge in [-0.2, -0.15) is 0 Å². The number of hydrogen-bond donors (Lipinski definition) is 2. The highest BCUT2D eigenvalue weighted by molar-refractivity contribution is 5.95. The predicted octanol–water partition coefficient (Wildman–Crippen LogP) is 6.57. The van der Waals surface area contributed by atoms with E-state index in [1.807, 2.05) is 18.2 Å². The topological polar surface area (TPSA) is 58.6 Å². The van der Waals surface area contributed by atoms with Gasteiger partial charge in [-0.05, 0) is 84.7 Å². The largest absolute Gasteiger partial charge is 0.489 e. The number of anilines is 1. The third kappa shape index (κ3) is 3.49. The Morgan fingerprint density at radius 2 is 1.76 bits per heavy atom. The van der Waals surface area contributed by atoms with E-state index < -0.39 is 5.97 Å². The second-order valence-electron chi connectivity index (χ2n) is 9.98. The van der Waals surface area contributed by atoms with E-state index in [-0.39, 0.29) is 6.04 Å². The summed E-state index contributed by atoms with van der Waals surface area (Å²) >= 11 is 0. The Kier molecular flexibility index (Phi) is 4.90. The Hall–Kier alpha value is -3.27. The van der Waals surface area contributed by atoms with Crippen molar-refractivity contribution in [3.05, 3.63) is 94.5 Å². The summed E-state index contributed by atoms with van der Waals surface area (Å²) in [6.07, 6.45) is 3.82. The van der Waals surface area contributed by atoms with Gasteiger partial charge in [0.15, 0.2) is 0 Å². The molecule has 33 heavy (non-hydrogen) atoms. The third-order valence-corrected chi connectivity index (χ3v) is 8.12. The van der Waals surface area contributed by atoms with Gasteiger partial charge in [0.25, 0.3) is 0 Å². The van der Waals surface area contributed by atoms with E-state index in [2.05, 4.69) is 54.7 Å². The van der Waals surface area contributed by atoms with E-state index in [9.17, 15) is 9.90 Å². The van der Waals surface area contributed by atoms with Crippen molar-refractivity contribution in [3.8, 4) is 5.75 Å². The summed E-state index contributed by atoms with van der Waals surface area (Å²) in [4.78, 5) is 12.0. The van der Waals surface area contributed by atoms with Crippen molar-refractivity contribution in [3.63, 3.8) is 0 Å². The summed E-state index contributed by atoms with van der Waals surface area (Å²) in [5.74, 6) is 2.33. The Labute approximate surface area is 194 Å². The van der Waals surface area contributed by atoms with Gasteiger partial charge in [-0.3, -0.25) is 0 Å². The smallest absolute Gasteiger partial charge is 0.337 e. The standard InChI is InChI=1S/C29H29NO3/c1-17-5-7-18(8-6-17)16-33-22-13-11-19(12-14-22)27-26-21-10-9-20(15-21)25(26)23-3-2-4-24(29(31)32)28(23)30-27/h2-8,11-14,20-21,25-27,30H,9-10,15-16H2,1H3,(H,31,32)/t20-,21-,25-,26+,27-/m0/s1. The molecule has 5 atom stereocenters. The van der Waals surface area contributed by atoms with Crippen molar-refractivity contribution in [1.29, 1.82) is 0 Å². The van der Waals surface area contributed by atoms with Crippen LogP contribution in [-0.2, 0) is 6.61 Å². The van der Waals surface area contributed by atoms with Gasteiger partial charge in [0.2, 0.25) is 0 Å². The van der Waals surface area contributed by atoms with Crippen LogP contribution in [0, 0.1) is 24.7 Å². The first kappa shape index (κ1) is 20.3. The molecular weight excluding hydrogens is 410 g/mol. The lowest BCUT2D eigenvalue weighted by atomic mass is 9.67.